The van der Waals surface area contributed by atoms with Crippen LogP contribution < -0.4 is 5.32 Å². The fourth-order valence-corrected chi connectivity index (χ4v) is 3.29. The zero-order chi connectivity index (χ0) is 7.71. The van der Waals surface area contributed by atoms with Crippen LogP contribution in [0.25, 0.3) is 0 Å². The van der Waals surface area contributed by atoms with Crippen LogP contribution in [0.15, 0.2) is 24.3 Å². The lowest BCUT2D eigenvalue weighted by Gasteiger charge is -2.11. The molecule has 1 aromatic rings. The summed E-state index contributed by atoms with van der Waals surface area (Å²) in [5.41, 5.74) is 3.27. The largest absolute Gasteiger partial charge is 0.307 e. The van der Waals surface area contributed by atoms with Crippen LogP contribution in [-0.4, -0.2) is 12.1 Å². The standard InChI is InChI=1S/C11H11N/c1-2-4-7-6(3-1)8-5-9(7)11-10(8)12-11/h1-4,8-12H,5H2. The van der Waals surface area contributed by atoms with E-state index in [4.69, 9.17) is 0 Å². The van der Waals surface area contributed by atoms with Crippen LogP contribution in [0, 0.1) is 0 Å². The molecule has 1 heterocycles. The van der Waals surface area contributed by atoms with E-state index in [1.807, 2.05) is 0 Å². The summed E-state index contributed by atoms with van der Waals surface area (Å²) in [4.78, 5) is 0. The molecule has 4 atom stereocenters. The van der Waals surface area contributed by atoms with E-state index in [2.05, 4.69) is 29.6 Å². The Balaban J connectivity index is 2.01. The average Bonchev–Trinajstić information content (AvgIpc) is 2.74. The maximum atomic E-state index is 3.58. The predicted octanol–water partition coefficient (Wildman–Crippen LogP) is 1.61. The smallest absolute Gasteiger partial charge is 0.0299 e. The molecule has 1 saturated carbocycles. The van der Waals surface area contributed by atoms with E-state index in [1.165, 1.54) is 6.42 Å². The summed E-state index contributed by atoms with van der Waals surface area (Å²) in [6, 6.07) is 10.7. The molecule has 4 rings (SSSR count). The van der Waals surface area contributed by atoms with Gasteiger partial charge >= 0.3 is 0 Å². The molecule has 0 radical (unpaired) electrons. The van der Waals surface area contributed by atoms with E-state index < -0.39 is 0 Å². The number of fused-ring (bicyclic) bond motifs is 8. The second-order valence-electron chi connectivity index (χ2n) is 4.30. The predicted molar refractivity (Wildman–Crippen MR) is 47.3 cm³/mol. The van der Waals surface area contributed by atoms with Gasteiger partial charge < -0.3 is 5.32 Å². The topological polar surface area (TPSA) is 21.9 Å². The van der Waals surface area contributed by atoms with E-state index in [1.54, 1.807) is 11.1 Å². The molecule has 0 aromatic heterocycles. The van der Waals surface area contributed by atoms with Crippen LogP contribution >= 0.6 is 0 Å². The van der Waals surface area contributed by atoms with Crippen LogP contribution in [0.4, 0.5) is 0 Å². The van der Waals surface area contributed by atoms with Gasteiger partial charge in [0.1, 0.15) is 0 Å². The Morgan fingerprint density at radius 1 is 1.00 bits per heavy atom. The van der Waals surface area contributed by atoms with Gasteiger partial charge in [-0.1, -0.05) is 24.3 Å². The second kappa shape index (κ2) is 1.60. The second-order valence-corrected chi connectivity index (χ2v) is 4.30. The lowest BCUT2D eigenvalue weighted by molar-refractivity contribution is 0.648. The van der Waals surface area contributed by atoms with Crippen molar-refractivity contribution in [2.75, 3.05) is 0 Å². The van der Waals surface area contributed by atoms with Crippen molar-refractivity contribution >= 4 is 0 Å². The molecule has 60 valence electrons. The molecule has 1 N–H and O–H groups in total. The third-order valence-electron chi connectivity index (χ3n) is 3.83. The summed E-state index contributed by atoms with van der Waals surface area (Å²) in [6.45, 7) is 0. The van der Waals surface area contributed by atoms with Gasteiger partial charge in [0.05, 0.1) is 0 Å². The zero-order valence-electron chi connectivity index (χ0n) is 6.83. The van der Waals surface area contributed by atoms with Gasteiger partial charge in [0.25, 0.3) is 0 Å². The monoisotopic (exact) mass is 157 g/mol. The van der Waals surface area contributed by atoms with Gasteiger partial charge in [0.2, 0.25) is 0 Å². The lowest BCUT2D eigenvalue weighted by Crippen LogP contribution is -2.06. The van der Waals surface area contributed by atoms with Gasteiger partial charge in [0.15, 0.2) is 0 Å². The minimum absolute atomic E-state index is 0.852. The van der Waals surface area contributed by atoms with Gasteiger partial charge in [-0.2, -0.15) is 0 Å². The minimum Gasteiger partial charge on any atom is -0.307 e. The normalized spacial score (nSPS) is 45.7. The first kappa shape index (κ1) is 5.76. The number of benzene rings is 1. The Hall–Kier alpha value is -0.820. The van der Waals surface area contributed by atoms with Gasteiger partial charge in [-0.3, -0.25) is 0 Å². The van der Waals surface area contributed by atoms with Crippen molar-refractivity contribution in [3.05, 3.63) is 35.4 Å². The van der Waals surface area contributed by atoms with Crippen molar-refractivity contribution in [3.8, 4) is 0 Å². The first-order valence-corrected chi connectivity index (χ1v) is 4.80. The third-order valence-corrected chi connectivity index (χ3v) is 3.83. The Morgan fingerprint density at radius 3 is 2.17 bits per heavy atom. The maximum absolute atomic E-state index is 3.58. The molecule has 1 aromatic carbocycles. The summed E-state index contributed by atoms with van der Waals surface area (Å²) >= 11 is 0. The fraction of sp³-hybridized carbons (Fsp3) is 0.455. The molecular formula is C11H11N. The van der Waals surface area contributed by atoms with Crippen molar-refractivity contribution < 1.29 is 0 Å². The Morgan fingerprint density at radius 2 is 1.58 bits per heavy atom. The first-order valence-electron chi connectivity index (χ1n) is 4.80. The van der Waals surface area contributed by atoms with E-state index in [0.29, 0.717) is 0 Å². The van der Waals surface area contributed by atoms with Crippen molar-refractivity contribution in [2.45, 2.75) is 30.3 Å². The minimum atomic E-state index is 0.852. The lowest BCUT2D eigenvalue weighted by atomic mass is 9.92. The quantitative estimate of drug-likeness (QED) is 0.568. The summed E-state index contributed by atoms with van der Waals surface area (Å²) in [7, 11) is 0. The van der Waals surface area contributed by atoms with Crippen LogP contribution in [0.1, 0.15) is 29.4 Å². The highest BCUT2D eigenvalue weighted by Gasteiger charge is 2.59. The van der Waals surface area contributed by atoms with Crippen LogP contribution in [-0.2, 0) is 0 Å². The molecule has 1 aliphatic heterocycles. The van der Waals surface area contributed by atoms with Crippen LogP contribution in [0.3, 0.4) is 0 Å². The van der Waals surface area contributed by atoms with E-state index in [0.717, 1.165) is 23.9 Å². The van der Waals surface area contributed by atoms with Gasteiger partial charge in [0, 0.05) is 23.9 Å². The molecule has 4 unspecified atom stereocenters. The first-order chi connectivity index (χ1) is 5.95. The third kappa shape index (κ3) is 0.469. The number of hydrogen-bond acceptors (Lipinski definition) is 1. The summed E-state index contributed by atoms with van der Waals surface area (Å²) in [5.74, 6) is 1.72. The Labute approximate surface area is 71.8 Å². The highest BCUT2D eigenvalue weighted by atomic mass is 15.2. The van der Waals surface area contributed by atoms with E-state index >= 15 is 0 Å². The summed E-state index contributed by atoms with van der Waals surface area (Å²) in [6.07, 6.45) is 1.42. The molecule has 0 amide bonds. The molecule has 0 spiro atoms. The van der Waals surface area contributed by atoms with Gasteiger partial charge in [-0.05, 0) is 17.5 Å². The van der Waals surface area contributed by atoms with Crippen LogP contribution in [0.5, 0.6) is 0 Å². The highest BCUT2D eigenvalue weighted by Crippen LogP contribution is 2.58. The Bertz CT molecular complexity index is 325. The van der Waals surface area contributed by atoms with Crippen molar-refractivity contribution in [3.63, 3.8) is 0 Å². The summed E-state index contributed by atoms with van der Waals surface area (Å²) in [5, 5.41) is 3.58. The number of rotatable bonds is 0. The molecule has 12 heavy (non-hydrogen) atoms. The number of hydrogen-bond donors (Lipinski definition) is 1. The SMILES string of the molecule is c1ccc2c(c1)C1CC2C2NC12. The molecule has 1 nitrogen and oxygen atoms in total. The molecule has 2 fully saturated rings. The Kier molecular flexibility index (Phi) is 0.767. The van der Waals surface area contributed by atoms with E-state index in [9.17, 15) is 0 Å². The van der Waals surface area contributed by atoms with Crippen molar-refractivity contribution in [1.29, 1.82) is 0 Å². The average molecular weight is 157 g/mol. The van der Waals surface area contributed by atoms with E-state index in [-0.39, 0.29) is 0 Å². The number of piperidine rings is 1. The number of nitrogens with one attached hydrogen (secondary N) is 1. The fourth-order valence-electron chi connectivity index (χ4n) is 3.29. The maximum Gasteiger partial charge on any atom is 0.0299 e. The summed E-state index contributed by atoms with van der Waals surface area (Å²) < 4.78 is 0. The van der Waals surface area contributed by atoms with Crippen molar-refractivity contribution in [1.82, 2.24) is 5.32 Å². The van der Waals surface area contributed by atoms with Crippen LogP contribution in [0.2, 0.25) is 0 Å². The molecular weight excluding hydrogens is 146 g/mol. The molecule has 2 bridgehead atoms. The molecule has 3 aliphatic rings. The zero-order valence-corrected chi connectivity index (χ0v) is 6.83. The van der Waals surface area contributed by atoms with Gasteiger partial charge in [-0.15, -0.1) is 0 Å². The molecule has 1 heteroatoms. The molecule has 2 aliphatic carbocycles. The van der Waals surface area contributed by atoms with Crippen molar-refractivity contribution in [2.24, 2.45) is 0 Å². The van der Waals surface area contributed by atoms with Gasteiger partial charge in [-0.25, -0.2) is 0 Å². The highest BCUT2D eigenvalue weighted by molar-refractivity contribution is 5.49. The molecule has 1 saturated heterocycles.